The van der Waals surface area contributed by atoms with Crippen LogP contribution in [0.3, 0.4) is 0 Å². The first-order valence-corrected chi connectivity index (χ1v) is 6.04. The molecule has 0 N–H and O–H groups in total. The van der Waals surface area contributed by atoms with Gasteiger partial charge in [0.2, 0.25) is 0 Å². The molecule has 0 saturated carbocycles. The first kappa shape index (κ1) is 8.63. The first-order chi connectivity index (χ1) is 6.00. The third kappa shape index (κ3) is 1.23. The van der Waals surface area contributed by atoms with Crippen LogP contribution in [0.1, 0.15) is 11.1 Å². The topological polar surface area (TPSA) is 20.3 Å². The van der Waals surface area contributed by atoms with Gasteiger partial charge in [0, 0.05) is 7.05 Å². The van der Waals surface area contributed by atoms with E-state index in [0.29, 0.717) is 5.75 Å². The average Bonchev–Trinajstić information content (AvgIpc) is 2.22. The summed E-state index contributed by atoms with van der Waals surface area (Å²) in [6.07, 6.45) is 0. The van der Waals surface area contributed by atoms with Gasteiger partial charge in [0.1, 0.15) is 0 Å². The van der Waals surface area contributed by atoms with Crippen molar-refractivity contribution in [2.75, 3.05) is 11.4 Å². The van der Waals surface area contributed by atoms with Crippen LogP contribution in [0.2, 0.25) is 0 Å². The van der Waals surface area contributed by atoms with Crippen molar-refractivity contribution in [1.29, 1.82) is 0 Å². The Morgan fingerprint density at radius 2 is 2.23 bits per heavy atom. The fourth-order valence-electron chi connectivity index (χ4n) is 1.66. The fraction of sp³-hybridized carbons (Fsp3) is 0.300. The highest BCUT2D eigenvalue weighted by Crippen LogP contribution is 2.32. The molecule has 70 valence electrons. The second kappa shape index (κ2) is 2.51. The highest BCUT2D eigenvalue weighted by Gasteiger charge is 2.24. The molecular weight excluding hydrogens is 182 g/mol. The summed E-state index contributed by atoms with van der Waals surface area (Å²) >= 11 is 0. The number of hydrogen-bond donors (Lipinski definition) is 0. The normalized spacial score (nSPS) is 26.2. The zero-order chi connectivity index (χ0) is 9.64. The van der Waals surface area contributed by atoms with Crippen molar-refractivity contribution in [3.8, 4) is 0 Å². The number of hydrogen-bond acceptors (Lipinski definition) is 1. The minimum absolute atomic E-state index is 0.584. The lowest BCUT2D eigenvalue weighted by Crippen LogP contribution is -2.20. The molecule has 0 radical (unpaired) electrons. The number of nitrogens with zero attached hydrogens (tertiary/aromatic N) is 1. The van der Waals surface area contributed by atoms with Crippen LogP contribution in [-0.4, -0.2) is 17.1 Å². The molecule has 2 nitrogen and oxygen atoms in total. The van der Waals surface area contributed by atoms with E-state index in [1.165, 1.54) is 5.56 Å². The van der Waals surface area contributed by atoms with Gasteiger partial charge in [-0.15, -0.1) is 0 Å². The zero-order valence-electron chi connectivity index (χ0n) is 7.91. The Bertz CT molecular complexity index is 448. The Balaban J connectivity index is 2.63. The molecule has 0 aliphatic carbocycles. The number of fused-ring (bicyclic) bond motifs is 1. The molecule has 0 aromatic heterocycles. The Morgan fingerprint density at radius 3 is 2.92 bits per heavy atom. The largest absolute Gasteiger partial charge is 0.302 e. The van der Waals surface area contributed by atoms with Crippen LogP contribution in [0, 0.1) is 6.92 Å². The predicted molar refractivity (Wildman–Crippen MR) is 58.5 cm³/mol. The van der Waals surface area contributed by atoms with Gasteiger partial charge >= 0.3 is 0 Å². The van der Waals surface area contributed by atoms with E-state index in [4.69, 9.17) is 0 Å². The van der Waals surface area contributed by atoms with E-state index in [1.54, 1.807) is 4.31 Å². The van der Waals surface area contributed by atoms with Crippen molar-refractivity contribution in [2.24, 2.45) is 0 Å². The molecule has 1 aliphatic rings. The monoisotopic (exact) mass is 195 g/mol. The number of anilines is 1. The van der Waals surface area contributed by atoms with Gasteiger partial charge in [-0.05, 0) is 24.4 Å². The average molecular weight is 195 g/mol. The smallest absolute Gasteiger partial charge is 0.0609 e. The minimum atomic E-state index is -2.07. The Labute approximate surface area is 79.3 Å². The van der Waals surface area contributed by atoms with Crippen molar-refractivity contribution in [3.05, 3.63) is 29.3 Å². The van der Waals surface area contributed by atoms with E-state index >= 15 is 0 Å². The highest BCUT2D eigenvalue weighted by atomic mass is 32.2. The van der Waals surface area contributed by atoms with Gasteiger partial charge in [0.15, 0.2) is 0 Å². The second-order valence-corrected chi connectivity index (χ2v) is 5.93. The van der Waals surface area contributed by atoms with Crippen LogP contribution in [0.15, 0.2) is 18.2 Å². The van der Waals surface area contributed by atoms with Crippen LogP contribution in [-0.2, 0) is 15.5 Å². The Kier molecular flexibility index (Phi) is 1.67. The molecule has 0 fully saturated rings. The lowest BCUT2D eigenvalue weighted by atomic mass is 10.1. The molecule has 1 aliphatic heterocycles. The molecule has 2 rings (SSSR count). The van der Waals surface area contributed by atoms with Gasteiger partial charge < -0.3 is 4.31 Å². The molecular formula is C10H13NOS. The van der Waals surface area contributed by atoms with Gasteiger partial charge in [0.25, 0.3) is 0 Å². The standard InChI is InChI=1S/C10H13NOS/c1-8-4-5-10-9(6-8)7-13(3,12)11(10)2/h4-6H,3,7H2,1-2H3. The van der Waals surface area contributed by atoms with Crippen LogP contribution < -0.4 is 4.31 Å². The summed E-state index contributed by atoms with van der Waals surface area (Å²) in [6, 6.07) is 6.14. The van der Waals surface area contributed by atoms with Crippen molar-refractivity contribution in [3.63, 3.8) is 0 Å². The van der Waals surface area contributed by atoms with Crippen LogP contribution in [0.4, 0.5) is 5.69 Å². The van der Waals surface area contributed by atoms with Gasteiger partial charge in [-0.1, -0.05) is 17.7 Å². The summed E-state index contributed by atoms with van der Waals surface area (Å²) in [7, 11) is -0.224. The number of benzene rings is 1. The molecule has 1 atom stereocenters. The SMILES string of the molecule is C=S1(=O)Cc2cc(C)ccc2N1C. The Hall–Kier alpha value is -0.960. The summed E-state index contributed by atoms with van der Waals surface area (Å²) in [4.78, 5) is 0. The van der Waals surface area contributed by atoms with Crippen molar-refractivity contribution >= 4 is 21.3 Å². The Morgan fingerprint density at radius 1 is 1.54 bits per heavy atom. The van der Waals surface area contributed by atoms with E-state index in [1.807, 2.05) is 26.1 Å². The highest BCUT2D eigenvalue weighted by molar-refractivity contribution is 8.01. The van der Waals surface area contributed by atoms with Gasteiger partial charge in [0.05, 0.1) is 21.1 Å². The quantitative estimate of drug-likeness (QED) is 0.575. The van der Waals surface area contributed by atoms with Crippen molar-refractivity contribution in [1.82, 2.24) is 0 Å². The van der Waals surface area contributed by atoms with E-state index in [0.717, 1.165) is 11.3 Å². The maximum absolute atomic E-state index is 11.9. The maximum atomic E-state index is 11.9. The lowest BCUT2D eigenvalue weighted by molar-refractivity contribution is 0.681. The van der Waals surface area contributed by atoms with E-state index in [2.05, 4.69) is 11.9 Å². The summed E-state index contributed by atoms with van der Waals surface area (Å²) in [5.41, 5.74) is 3.43. The van der Waals surface area contributed by atoms with Crippen LogP contribution in [0.25, 0.3) is 0 Å². The number of rotatable bonds is 0. The molecule has 3 heteroatoms. The van der Waals surface area contributed by atoms with Gasteiger partial charge in [-0.25, -0.2) is 4.21 Å². The van der Waals surface area contributed by atoms with Crippen LogP contribution >= 0.6 is 0 Å². The van der Waals surface area contributed by atoms with E-state index < -0.39 is 9.71 Å². The molecule has 0 saturated heterocycles. The van der Waals surface area contributed by atoms with Crippen LogP contribution in [0.5, 0.6) is 0 Å². The first-order valence-electron chi connectivity index (χ1n) is 4.19. The zero-order valence-corrected chi connectivity index (χ0v) is 8.73. The summed E-state index contributed by atoms with van der Waals surface area (Å²) in [5, 5.41) is 0. The molecule has 1 unspecified atom stereocenters. The molecule has 1 heterocycles. The van der Waals surface area contributed by atoms with Gasteiger partial charge in [-0.2, -0.15) is 0 Å². The van der Waals surface area contributed by atoms with E-state index in [-0.39, 0.29) is 0 Å². The third-order valence-corrected chi connectivity index (χ3v) is 4.41. The predicted octanol–water partition coefficient (Wildman–Crippen LogP) is 1.58. The number of aryl methyl sites for hydroxylation is 1. The minimum Gasteiger partial charge on any atom is -0.302 e. The molecule has 0 bridgehead atoms. The molecule has 0 spiro atoms. The molecule has 1 aromatic carbocycles. The van der Waals surface area contributed by atoms with Crippen molar-refractivity contribution < 1.29 is 4.21 Å². The second-order valence-electron chi connectivity index (χ2n) is 3.55. The maximum Gasteiger partial charge on any atom is 0.0609 e. The molecule has 1 aromatic rings. The van der Waals surface area contributed by atoms with Gasteiger partial charge in [-0.3, -0.25) is 0 Å². The van der Waals surface area contributed by atoms with Crippen molar-refractivity contribution in [2.45, 2.75) is 12.7 Å². The lowest BCUT2D eigenvalue weighted by Gasteiger charge is -2.14. The molecule has 0 amide bonds. The summed E-state index contributed by atoms with van der Waals surface area (Å²) in [6.45, 7) is 2.05. The third-order valence-electron chi connectivity index (χ3n) is 2.45. The molecule has 13 heavy (non-hydrogen) atoms. The summed E-state index contributed by atoms with van der Waals surface area (Å²) in [5.74, 6) is 4.33. The fourth-order valence-corrected chi connectivity index (χ4v) is 3.10. The summed E-state index contributed by atoms with van der Waals surface area (Å²) < 4.78 is 13.7. The van der Waals surface area contributed by atoms with E-state index in [9.17, 15) is 4.21 Å².